The van der Waals surface area contributed by atoms with Crippen molar-refractivity contribution in [3.8, 4) is 0 Å². The Labute approximate surface area is 114 Å². The van der Waals surface area contributed by atoms with Gasteiger partial charge in [-0.25, -0.2) is 4.98 Å². The number of imidazole rings is 1. The summed E-state index contributed by atoms with van der Waals surface area (Å²) in [4.78, 5) is 16.8. The quantitative estimate of drug-likeness (QED) is 0.877. The van der Waals surface area contributed by atoms with Crippen molar-refractivity contribution in [3.63, 3.8) is 0 Å². The van der Waals surface area contributed by atoms with Gasteiger partial charge >= 0.3 is 0 Å². The van der Waals surface area contributed by atoms with E-state index in [1.54, 1.807) is 28.7 Å². The van der Waals surface area contributed by atoms with Crippen molar-refractivity contribution in [3.05, 3.63) is 41.9 Å². The van der Waals surface area contributed by atoms with Gasteiger partial charge in [-0.1, -0.05) is 6.07 Å². The maximum Gasteiger partial charge on any atom is 0.244 e. The maximum absolute atomic E-state index is 11.8. The minimum Gasteiger partial charge on any atom is -0.324 e. The Morgan fingerprint density at radius 3 is 3.06 bits per heavy atom. The highest BCUT2D eigenvalue weighted by molar-refractivity contribution is 7.98. The number of hydrogen-bond donors (Lipinski definition) is 1. The van der Waals surface area contributed by atoms with Crippen LogP contribution in [0.5, 0.6) is 0 Å². The van der Waals surface area contributed by atoms with E-state index >= 15 is 0 Å². The highest BCUT2D eigenvalue weighted by atomic mass is 35.5. The molecule has 0 radical (unpaired) electrons. The molecule has 0 spiro atoms. The van der Waals surface area contributed by atoms with Gasteiger partial charge < -0.3 is 9.88 Å². The van der Waals surface area contributed by atoms with E-state index in [1.165, 1.54) is 0 Å². The van der Waals surface area contributed by atoms with E-state index in [0.717, 1.165) is 10.6 Å². The molecule has 4 nitrogen and oxygen atoms in total. The highest BCUT2D eigenvalue weighted by Crippen LogP contribution is 2.19. The zero-order chi connectivity index (χ0) is 13.0. The van der Waals surface area contributed by atoms with Gasteiger partial charge in [-0.15, -0.1) is 11.8 Å². The molecule has 0 unspecified atom stereocenters. The Kier molecular flexibility index (Phi) is 4.28. The molecule has 1 amide bonds. The van der Waals surface area contributed by atoms with Gasteiger partial charge in [0.25, 0.3) is 0 Å². The molecule has 0 bridgehead atoms. The minimum atomic E-state index is -0.131. The first-order chi connectivity index (χ1) is 8.69. The third-order valence-corrected chi connectivity index (χ3v) is 3.37. The van der Waals surface area contributed by atoms with Crippen LogP contribution < -0.4 is 5.32 Å². The molecule has 2 aromatic rings. The van der Waals surface area contributed by atoms with Crippen LogP contribution in [-0.4, -0.2) is 21.7 Å². The molecule has 0 fully saturated rings. The number of carbonyl (C=O) groups is 1. The Morgan fingerprint density at radius 2 is 2.39 bits per heavy atom. The van der Waals surface area contributed by atoms with Crippen LogP contribution in [0.2, 0.25) is 5.28 Å². The predicted molar refractivity (Wildman–Crippen MR) is 74.1 cm³/mol. The molecule has 0 saturated carbocycles. The number of aromatic nitrogens is 2. The van der Waals surface area contributed by atoms with Crippen LogP contribution in [-0.2, 0) is 11.3 Å². The summed E-state index contributed by atoms with van der Waals surface area (Å²) in [5, 5.41) is 3.13. The lowest BCUT2D eigenvalue weighted by Crippen LogP contribution is -2.18. The van der Waals surface area contributed by atoms with Gasteiger partial charge in [-0.2, -0.15) is 0 Å². The molecule has 1 heterocycles. The van der Waals surface area contributed by atoms with Gasteiger partial charge in [0.2, 0.25) is 11.2 Å². The number of halogens is 1. The molecule has 0 aliphatic carbocycles. The molecule has 1 aromatic carbocycles. The van der Waals surface area contributed by atoms with Crippen LogP contribution in [0.1, 0.15) is 0 Å². The lowest BCUT2D eigenvalue weighted by Gasteiger charge is -2.07. The Balaban J connectivity index is 2.01. The summed E-state index contributed by atoms with van der Waals surface area (Å²) in [7, 11) is 0. The highest BCUT2D eigenvalue weighted by Gasteiger charge is 2.06. The lowest BCUT2D eigenvalue weighted by molar-refractivity contribution is -0.116. The average Bonchev–Trinajstić information content (AvgIpc) is 2.75. The summed E-state index contributed by atoms with van der Waals surface area (Å²) in [5.74, 6) is -0.131. The number of hydrogen-bond acceptors (Lipinski definition) is 3. The SMILES string of the molecule is CSc1cccc(NC(=O)Cn2ccnc2Cl)c1. The first kappa shape index (κ1) is 13.0. The van der Waals surface area contributed by atoms with Crippen LogP contribution in [0.3, 0.4) is 0 Å². The van der Waals surface area contributed by atoms with Crippen LogP contribution in [0.25, 0.3) is 0 Å². The molecule has 0 saturated heterocycles. The van der Waals surface area contributed by atoms with Crippen molar-refractivity contribution >= 4 is 35.0 Å². The van der Waals surface area contributed by atoms with Gasteiger partial charge in [0.15, 0.2) is 0 Å². The third kappa shape index (κ3) is 3.27. The van der Waals surface area contributed by atoms with Crippen molar-refractivity contribution in [2.45, 2.75) is 11.4 Å². The van der Waals surface area contributed by atoms with Crippen molar-refractivity contribution in [1.29, 1.82) is 0 Å². The zero-order valence-electron chi connectivity index (χ0n) is 9.76. The van der Waals surface area contributed by atoms with Gasteiger partial charge in [0.1, 0.15) is 6.54 Å². The fraction of sp³-hybridized carbons (Fsp3) is 0.167. The van der Waals surface area contributed by atoms with Crippen LogP contribution in [0.15, 0.2) is 41.6 Å². The van der Waals surface area contributed by atoms with Crippen LogP contribution in [0.4, 0.5) is 5.69 Å². The number of thioether (sulfide) groups is 1. The number of benzene rings is 1. The van der Waals surface area contributed by atoms with E-state index in [0.29, 0.717) is 5.28 Å². The molecule has 1 aromatic heterocycles. The Bertz CT molecular complexity index is 556. The minimum absolute atomic E-state index is 0.131. The molecule has 94 valence electrons. The number of amides is 1. The van der Waals surface area contributed by atoms with Crippen molar-refractivity contribution in [1.82, 2.24) is 9.55 Å². The van der Waals surface area contributed by atoms with Crippen molar-refractivity contribution < 1.29 is 4.79 Å². The summed E-state index contributed by atoms with van der Waals surface area (Å²) in [6.07, 6.45) is 5.22. The monoisotopic (exact) mass is 281 g/mol. The maximum atomic E-state index is 11.8. The molecule has 18 heavy (non-hydrogen) atoms. The first-order valence-corrected chi connectivity index (χ1v) is 6.90. The fourth-order valence-electron chi connectivity index (χ4n) is 1.48. The second kappa shape index (κ2) is 5.93. The number of nitrogens with one attached hydrogen (secondary N) is 1. The van der Waals surface area contributed by atoms with E-state index in [2.05, 4.69) is 10.3 Å². The first-order valence-electron chi connectivity index (χ1n) is 5.29. The Morgan fingerprint density at radius 1 is 1.56 bits per heavy atom. The molecular formula is C12H12ClN3OS. The number of carbonyl (C=O) groups excluding carboxylic acids is 1. The summed E-state index contributed by atoms with van der Waals surface area (Å²) in [6.45, 7) is 0.155. The molecular weight excluding hydrogens is 270 g/mol. The summed E-state index contributed by atoms with van der Waals surface area (Å²) < 4.78 is 1.58. The number of nitrogens with zero attached hydrogens (tertiary/aromatic N) is 2. The zero-order valence-corrected chi connectivity index (χ0v) is 11.3. The third-order valence-electron chi connectivity index (χ3n) is 2.33. The molecule has 0 aliphatic rings. The second-order valence-electron chi connectivity index (χ2n) is 3.60. The van der Waals surface area contributed by atoms with Crippen LogP contribution in [0, 0.1) is 0 Å². The molecule has 1 N–H and O–H groups in total. The standard InChI is InChI=1S/C12H12ClN3OS/c1-18-10-4-2-3-9(7-10)15-11(17)8-16-6-5-14-12(16)13/h2-7H,8H2,1H3,(H,15,17). The lowest BCUT2D eigenvalue weighted by atomic mass is 10.3. The largest absolute Gasteiger partial charge is 0.324 e. The molecule has 6 heteroatoms. The molecule has 0 atom stereocenters. The van der Waals surface area contributed by atoms with Crippen molar-refractivity contribution in [2.24, 2.45) is 0 Å². The van der Waals surface area contributed by atoms with E-state index < -0.39 is 0 Å². The van der Waals surface area contributed by atoms with E-state index in [9.17, 15) is 4.79 Å². The molecule has 0 aliphatic heterocycles. The fourth-order valence-corrected chi connectivity index (χ4v) is 2.12. The van der Waals surface area contributed by atoms with Gasteiger partial charge in [0.05, 0.1) is 0 Å². The van der Waals surface area contributed by atoms with Gasteiger partial charge in [-0.05, 0) is 36.1 Å². The van der Waals surface area contributed by atoms with E-state index in [-0.39, 0.29) is 12.5 Å². The summed E-state index contributed by atoms with van der Waals surface area (Å²) in [5.41, 5.74) is 0.781. The summed E-state index contributed by atoms with van der Waals surface area (Å²) in [6, 6.07) is 7.68. The number of rotatable bonds is 4. The normalized spacial score (nSPS) is 10.3. The van der Waals surface area contributed by atoms with E-state index in [4.69, 9.17) is 11.6 Å². The van der Waals surface area contributed by atoms with Gasteiger partial charge in [-0.3, -0.25) is 4.79 Å². The van der Waals surface area contributed by atoms with Gasteiger partial charge in [0, 0.05) is 23.0 Å². The number of anilines is 1. The second-order valence-corrected chi connectivity index (χ2v) is 4.82. The van der Waals surface area contributed by atoms with Crippen LogP contribution >= 0.6 is 23.4 Å². The topological polar surface area (TPSA) is 46.9 Å². The molecule has 2 rings (SSSR count). The smallest absolute Gasteiger partial charge is 0.244 e. The Hall–Kier alpha value is -1.46. The average molecular weight is 282 g/mol. The summed E-state index contributed by atoms with van der Waals surface area (Å²) >= 11 is 7.43. The van der Waals surface area contributed by atoms with E-state index in [1.807, 2.05) is 30.5 Å². The van der Waals surface area contributed by atoms with Crippen molar-refractivity contribution in [2.75, 3.05) is 11.6 Å². The predicted octanol–water partition coefficient (Wildman–Crippen LogP) is 2.90.